The molecule has 1 aromatic rings. The number of aromatic nitrogens is 2. The fourth-order valence-electron chi connectivity index (χ4n) is 3.98. The molecule has 1 aliphatic heterocycles. The van der Waals surface area contributed by atoms with Crippen LogP contribution in [0.25, 0.3) is 0 Å². The lowest BCUT2D eigenvalue weighted by atomic mass is 9.96. The minimum atomic E-state index is -0.398. The highest BCUT2D eigenvalue weighted by Gasteiger charge is 2.43. The number of likely N-dealkylation sites (tertiary alicyclic amines) is 1. The van der Waals surface area contributed by atoms with Crippen molar-refractivity contribution in [1.82, 2.24) is 20.2 Å². The highest BCUT2D eigenvalue weighted by Crippen LogP contribution is 2.31. The Morgan fingerprint density at radius 3 is 2.67 bits per heavy atom. The fraction of sp³-hybridized carbons (Fsp3) is 0.737. The van der Waals surface area contributed by atoms with E-state index in [-0.39, 0.29) is 5.91 Å². The van der Waals surface area contributed by atoms with Gasteiger partial charge in [-0.1, -0.05) is 19.8 Å². The third kappa shape index (κ3) is 3.77. The Morgan fingerprint density at radius 1 is 1.29 bits per heavy atom. The summed E-state index contributed by atoms with van der Waals surface area (Å²) in [5.41, 5.74) is 0.696. The molecule has 5 heteroatoms. The summed E-state index contributed by atoms with van der Waals surface area (Å²) < 4.78 is 0. The number of carbonyl (C=O) groups excluding carboxylic acids is 1. The number of aryl methyl sites for hydroxylation is 1. The van der Waals surface area contributed by atoms with Gasteiger partial charge in [0, 0.05) is 37.0 Å². The van der Waals surface area contributed by atoms with Crippen molar-refractivity contribution in [2.24, 2.45) is 0 Å². The molecular weight excluding hydrogens is 300 g/mol. The first kappa shape index (κ1) is 17.3. The lowest BCUT2D eigenvalue weighted by Gasteiger charge is -2.34. The molecule has 0 aromatic carbocycles. The van der Waals surface area contributed by atoms with E-state index < -0.39 is 5.54 Å². The van der Waals surface area contributed by atoms with E-state index >= 15 is 0 Å². The SMILES string of the molecule is CCCc1ncc(CN2CCCC2(C)C(=O)NC2CCCC2)cn1. The van der Waals surface area contributed by atoms with Gasteiger partial charge >= 0.3 is 0 Å². The summed E-state index contributed by atoms with van der Waals surface area (Å²) in [6, 6.07) is 0.383. The van der Waals surface area contributed by atoms with Crippen LogP contribution in [0, 0.1) is 0 Å². The molecule has 1 saturated heterocycles. The molecule has 1 aliphatic carbocycles. The monoisotopic (exact) mass is 330 g/mol. The van der Waals surface area contributed by atoms with Gasteiger partial charge in [0.25, 0.3) is 0 Å². The second-order valence-corrected chi connectivity index (χ2v) is 7.51. The first-order valence-electron chi connectivity index (χ1n) is 9.47. The summed E-state index contributed by atoms with van der Waals surface area (Å²) in [5.74, 6) is 1.11. The zero-order valence-corrected chi connectivity index (χ0v) is 15.1. The number of nitrogens with zero attached hydrogens (tertiary/aromatic N) is 3. The van der Waals surface area contributed by atoms with Crippen LogP contribution in [0.5, 0.6) is 0 Å². The number of hydrogen-bond acceptors (Lipinski definition) is 4. The van der Waals surface area contributed by atoms with Crippen molar-refractivity contribution >= 4 is 5.91 Å². The molecule has 3 rings (SSSR count). The van der Waals surface area contributed by atoms with E-state index in [1.165, 1.54) is 12.8 Å². The van der Waals surface area contributed by atoms with E-state index in [9.17, 15) is 4.79 Å². The van der Waals surface area contributed by atoms with Gasteiger partial charge in [-0.3, -0.25) is 9.69 Å². The molecule has 24 heavy (non-hydrogen) atoms. The summed E-state index contributed by atoms with van der Waals surface area (Å²) in [7, 11) is 0. The summed E-state index contributed by atoms with van der Waals surface area (Å²) in [5, 5.41) is 3.29. The number of nitrogens with one attached hydrogen (secondary N) is 1. The third-order valence-electron chi connectivity index (χ3n) is 5.57. The number of hydrogen-bond donors (Lipinski definition) is 1. The van der Waals surface area contributed by atoms with Crippen molar-refractivity contribution in [3.05, 3.63) is 23.8 Å². The predicted molar refractivity (Wildman–Crippen MR) is 94.5 cm³/mol. The van der Waals surface area contributed by atoms with Crippen molar-refractivity contribution < 1.29 is 4.79 Å². The Hall–Kier alpha value is -1.49. The molecule has 0 radical (unpaired) electrons. The molecule has 1 N–H and O–H groups in total. The maximum absolute atomic E-state index is 12.9. The first-order chi connectivity index (χ1) is 11.6. The van der Waals surface area contributed by atoms with E-state index in [0.717, 1.165) is 63.0 Å². The topological polar surface area (TPSA) is 58.1 Å². The van der Waals surface area contributed by atoms with E-state index in [4.69, 9.17) is 0 Å². The number of carbonyl (C=O) groups is 1. The Morgan fingerprint density at radius 2 is 2.00 bits per heavy atom. The van der Waals surface area contributed by atoms with Gasteiger partial charge in [-0.05, 0) is 45.6 Å². The largest absolute Gasteiger partial charge is 0.352 e. The highest BCUT2D eigenvalue weighted by molar-refractivity contribution is 5.86. The molecule has 132 valence electrons. The van der Waals surface area contributed by atoms with Crippen LogP contribution in [-0.2, 0) is 17.8 Å². The maximum Gasteiger partial charge on any atom is 0.240 e. The summed E-state index contributed by atoms with van der Waals surface area (Å²) >= 11 is 0. The molecule has 1 aromatic heterocycles. The highest BCUT2D eigenvalue weighted by atomic mass is 16.2. The van der Waals surface area contributed by atoms with E-state index in [0.29, 0.717) is 6.04 Å². The molecule has 1 amide bonds. The lowest BCUT2D eigenvalue weighted by Crippen LogP contribution is -2.54. The second-order valence-electron chi connectivity index (χ2n) is 7.51. The number of amides is 1. The third-order valence-corrected chi connectivity index (χ3v) is 5.57. The van der Waals surface area contributed by atoms with Crippen LogP contribution in [0.3, 0.4) is 0 Å². The predicted octanol–water partition coefficient (Wildman–Crippen LogP) is 2.84. The molecule has 1 atom stereocenters. The minimum Gasteiger partial charge on any atom is -0.352 e. The Kier molecular flexibility index (Phi) is 5.49. The van der Waals surface area contributed by atoms with Crippen molar-refractivity contribution in [2.45, 2.75) is 83.3 Å². The molecule has 0 bridgehead atoms. The van der Waals surface area contributed by atoms with Gasteiger partial charge in [-0.2, -0.15) is 0 Å². The Bertz CT molecular complexity index is 553. The summed E-state index contributed by atoms with van der Waals surface area (Å²) in [6.45, 7) is 5.94. The second kappa shape index (κ2) is 7.60. The first-order valence-corrected chi connectivity index (χ1v) is 9.47. The van der Waals surface area contributed by atoms with Gasteiger partial charge in [0.1, 0.15) is 5.82 Å². The minimum absolute atomic E-state index is 0.204. The van der Waals surface area contributed by atoms with Gasteiger partial charge in [0.2, 0.25) is 5.91 Å². The van der Waals surface area contributed by atoms with Gasteiger partial charge in [0.15, 0.2) is 0 Å². The Labute approximate surface area is 145 Å². The summed E-state index contributed by atoms with van der Waals surface area (Å²) in [6.07, 6.45) is 12.6. The average molecular weight is 330 g/mol. The van der Waals surface area contributed by atoms with E-state index in [1.807, 2.05) is 12.4 Å². The molecule has 1 unspecified atom stereocenters. The van der Waals surface area contributed by atoms with Crippen molar-refractivity contribution in [3.63, 3.8) is 0 Å². The van der Waals surface area contributed by atoms with Gasteiger partial charge in [-0.25, -0.2) is 9.97 Å². The molecule has 2 aliphatic rings. The molecule has 2 heterocycles. The molecule has 1 saturated carbocycles. The molecule has 5 nitrogen and oxygen atoms in total. The van der Waals surface area contributed by atoms with Crippen molar-refractivity contribution in [2.75, 3.05) is 6.54 Å². The van der Waals surface area contributed by atoms with Crippen LogP contribution in [0.4, 0.5) is 0 Å². The Balaban J connectivity index is 1.64. The van der Waals surface area contributed by atoms with Crippen molar-refractivity contribution in [3.8, 4) is 0 Å². The fourth-order valence-corrected chi connectivity index (χ4v) is 3.98. The van der Waals surface area contributed by atoms with Gasteiger partial charge in [-0.15, -0.1) is 0 Å². The van der Waals surface area contributed by atoms with Crippen LogP contribution < -0.4 is 5.32 Å². The maximum atomic E-state index is 12.9. The van der Waals surface area contributed by atoms with Crippen LogP contribution in [-0.4, -0.2) is 38.9 Å². The van der Waals surface area contributed by atoms with Crippen LogP contribution in [0.1, 0.15) is 70.2 Å². The average Bonchev–Trinajstić information content (AvgIpc) is 3.21. The standard InChI is InChI=1S/C19H30N4O/c1-3-7-17-20-12-15(13-21-17)14-23-11-6-10-19(23,2)18(24)22-16-8-4-5-9-16/h12-13,16H,3-11,14H2,1-2H3,(H,22,24). The van der Waals surface area contributed by atoms with E-state index in [1.54, 1.807) is 0 Å². The molecule has 0 spiro atoms. The lowest BCUT2D eigenvalue weighted by molar-refractivity contribution is -0.132. The normalized spacial score (nSPS) is 25.2. The van der Waals surface area contributed by atoms with Crippen LogP contribution >= 0.6 is 0 Å². The van der Waals surface area contributed by atoms with Crippen molar-refractivity contribution in [1.29, 1.82) is 0 Å². The van der Waals surface area contributed by atoms with Crippen LogP contribution in [0.15, 0.2) is 12.4 Å². The zero-order valence-electron chi connectivity index (χ0n) is 15.1. The quantitative estimate of drug-likeness (QED) is 0.871. The smallest absolute Gasteiger partial charge is 0.240 e. The molecular formula is C19H30N4O. The van der Waals surface area contributed by atoms with Crippen LogP contribution in [0.2, 0.25) is 0 Å². The number of rotatable bonds is 6. The van der Waals surface area contributed by atoms with E-state index in [2.05, 4.69) is 34.0 Å². The summed E-state index contributed by atoms with van der Waals surface area (Å²) in [4.78, 5) is 24.1. The van der Waals surface area contributed by atoms with Gasteiger partial charge in [0.05, 0.1) is 5.54 Å². The molecule has 2 fully saturated rings. The zero-order chi connectivity index (χ0) is 17.0. The van der Waals surface area contributed by atoms with Gasteiger partial charge < -0.3 is 5.32 Å².